The summed E-state index contributed by atoms with van der Waals surface area (Å²) in [4.78, 5) is 26.2. The Labute approximate surface area is 229 Å². The third-order valence-corrected chi connectivity index (χ3v) is 7.71. The molecule has 8 nitrogen and oxygen atoms in total. The zero-order valence-corrected chi connectivity index (χ0v) is 21.9. The standard InChI is InChI=1S/C29H29F3N6O2/c1-35-18-26(34-19-35)28(39)37(13-20-6-4-8-22(12-20)40-29(30,31)32)17-25-23-15-36(16-24(23)25)14-21-7-5-11-38(21)27-9-2-3-10-33-27/h2-12,18-19,23-25H,13-17H2,1H3. The molecule has 1 aliphatic carbocycles. The second kappa shape index (κ2) is 10.5. The van der Waals surface area contributed by atoms with Gasteiger partial charge in [0.15, 0.2) is 0 Å². The van der Waals surface area contributed by atoms with E-state index in [4.69, 9.17) is 0 Å². The molecule has 11 heteroatoms. The number of piperidine rings is 1. The molecule has 0 N–H and O–H groups in total. The monoisotopic (exact) mass is 550 g/mol. The topological polar surface area (TPSA) is 68.4 Å². The van der Waals surface area contributed by atoms with Gasteiger partial charge >= 0.3 is 6.36 Å². The Morgan fingerprint density at radius 2 is 1.90 bits per heavy atom. The molecule has 3 aromatic heterocycles. The molecule has 1 saturated carbocycles. The number of amides is 1. The normalized spacial score (nSPS) is 20.4. The number of aromatic nitrogens is 4. The molecule has 0 bridgehead atoms. The van der Waals surface area contributed by atoms with Crippen molar-refractivity contribution in [2.24, 2.45) is 24.8 Å². The van der Waals surface area contributed by atoms with Crippen molar-refractivity contribution in [1.29, 1.82) is 0 Å². The van der Waals surface area contributed by atoms with Crippen molar-refractivity contribution in [3.8, 4) is 11.6 Å². The van der Waals surface area contributed by atoms with Crippen molar-refractivity contribution in [3.05, 3.63) is 96.5 Å². The number of nitrogens with zero attached hydrogens (tertiary/aromatic N) is 6. The summed E-state index contributed by atoms with van der Waals surface area (Å²) in [5.41, 5.74) is 2.05. The van der Waals surface area contributed by atoms with Crippen LogP contribution in [0.1, 0.15) is 21.7 Å². The Kier molecular flexibility index (Phi) is 6.83. The molecule has 1 saturated heterocycles. The Balaban J connectivity index is 1.12. The minimum absolute atomic E-state index is 0.168. The van der Waals surface area contributed by atoms with E-state index in [9.17, 15) is 18.0 Å². The summed E-state index contributed by atoms with van der Waals surface area (Å²) >= 11 is 0. The fraction of sp³-hybridized carbons (Fsp3) is 0.345. The molecule has 4 aromatic rings. The minimum atomic E-state index is -4.78. The number of halogens is 3. The highest BCUT2D eigenvalue weighted by molar-refractivity contribution is 5.92. The van der Waals surface area contributed by atoms with Crippen LogP contribution in [-0.2, 0) is 20.1 Å². The molecule has 1 aliphatic heterocycles. The van der Waals surface area contributed by atoms with Crippen LogP contribution in [0.3, 0.4) is 0 Å². The van der Waals surface area contributed by atoms with Gasteiger partial charge in [-0.15, -0.1) is 13.2 Å². The number of carbonyl (C=O) groups is 1. The second-order valence-electron chi connectivity index (χ2n) is 10.5. The number of carbonyl (C=O) groups excluding carboxylic acids is 1. The highest BCUT2D eigenvalue weighted by atomic mass is 19.4. The van der Waals surface area contributed by atoms with Gasteiger partial charge in [-0.25, -0.2) is 9.97 Å². The first-order valence-corrected chi connectivity index (χ1v) is 13.2. The molecule has 2 aliphatic rings. The van der Waals surface area contributed by atoms with Crippen LogP contribution in [0, 0.1) is 17.8 Å². The van der Waals surface area contributed by atoms with Crippen LogP contribution in [0.2, 0.25) is 0 Å². The fourth-order valence-corrected chi connectivity index (χ4v) is 5.85. The average molecular weight is 551 g/mol. The number of ether oxygens (including phenoxy) is 1. The maximum absolute atomic E-state index is 13.4. The van der Waals surface area contributed by atoms with Crippen molar-refractivity contribution < 1.29 is 22.7 Å². The maximum atomic E-state index is 13.4. The van der Waals surface area contributed by atoms with Crippen LogP contribution in [0.15, 0.2) is 79.5 Å². The summed E-state index contributed by atoms with van der Waals surface area (Å²) < 4.78 is 46.2. The molecule has 0 spiro atoms. The number of imidazole rings is 1. The summed E-state index contributed by atoms with van der Waals surface area (Å²) in [7, 11) is 1.79. The van der Waals surface area contributed by atoms with E-state index < -0.39 is 6.36 Å². The summed E-state index contributed by atoms with van der Waals surface area (Å²) in [5, 5.41) is 0. The first-order chi connectivity index (χ1) is 19.2. The summed E-state index contributed by atoms with van der Waals surface area (Å²) in [6, 6.07) is 15.8. The Hall–Kier alpha value is -4.12. The van der Waals surface area contributed by atoms with Crippen LogP contribution >= 0.6 is 0 Å². The molecular formula is C29H29F3N6O2. The quantitative estimate of drug-likeness (QED) is 0.307. The van der Waals surface area contributed by atoms with E-state index in [0.29, 0.717) is 35.6 Å². The van der Waals surface area contributed by atoms with Gasteiger partial charge in [0.25, 0.3) is 5.91 Å². The lowest BCUT2D eigenvalue weighted by molar-refractivity contribution is -0.274. The lowest BCUT2D eigenvalue weighted by Crippen LogP contribution is -2.35. The van der Waals surface area contributed by atoms with Gasteiger partial charge in [-0.1, -0.05) is 18.2 Å². The molecule has 2 unspecified atom stereocenters. The Morgan fingerprint density at radius 1 is 1.07 bits per heavy atom. The van der Waals surface area contributed by atoms with Gasteiger partial charge in [0.05, 0.1) is 6.33 Å². The smallest absolute Gasteiger partial charge is 0.406 e. The zero-order chi connectivity index (χ0) is 27.9. The first kappa shape index (κ1) is 26.1. The molecule has 2 atom stereocenters. The van der Waals surface area contributed by atoms with Crippen LogP contribution in [0.5, 0.6) is 5.75 Å². The lowest BCUT2D eigenvalue weighted by Gasteiger charge is -2.25. The van der Waals surface area contributed by atoms with Crippen molar-refractivity contribution in [3.63, 3.8) is 0 Å². The Bertz CT molecular complexity index is 1470. The SMILES string of the molecule is Cn1cnc(C(=O)N(Cc2cccc(OC(F)(F)F)c2)CC2C3CN(Cc4cccn4-c4ccccn4)CC32)c1. The van der Waals surface area contributed by atoms with E-state index >= 15 is 0 Å². The molecule has 1 aromatic carbocycles. The van der Waals surface area contributed by atoms with Gasteiger partial charge in [-0.3, -0.25) is 9.69 Å². The predicted molar refractivity (Wildman–Crippen MR) is 140 cm³/mol. The van der Waals surface area contributed by atoms with Gasteiger partial charge in [-0.05, 0) is 59.7 Å². The number of aryl methyl sites for hydroxylation is 1. The number of benzene rings is 1. The van der Waals surface area contributed by atoms with Gasteiger partial charge in [-0.2, -0.15) is 0 Å². The van der Waals surface area contributed by atoms with Gasteiger partial charge in [0.1, 0.15) is 17.3 Å². The van der Waals surface area contributed by atoms with Crippen molar-refractivity contribution >= 4 is 5.91 Å². The molecule has 4 heterocycles. The molecular weight excluding hydrogens is 521 g/mol. The second-order valence-corrected chi connectivity index (χ2v) is 10.5. The summed E-state index contributed by atoms with van der Waals surface area (Å²) in [6.07, 6.45) is 2.25. The van der Waals surface area contributed by atoms with Gasteiger partial charge < -0.3 is 18.8 Å². The maximum Gasteiger partial charge on any atom is 0.573 e. The molecule has 0 radical (unpaired) electrons. The van der Waals surface area contributed by atoms with Gasteiger partial charge in [0, 0.05) is 64.1 Å². The third kappa shape index (κ3) is 5.74. The molecule has 208 valence electrons. The number of pyridine rings is 1. The first-order valence-electron chi connectivity index (χ1n) is 13.2. The molecule has 6 rings (SSSR count). The number of hydrogen-bond donors (Lipinski definition) is 0. The van der Waals surface area contributed by atoms with E-state index in [2.05, 4.69) is 30.2 Å². The number of likely N-dealkylation sites (tertiary alicyclic amines) is 1. The van der Waals surface area contributed by atoms with Crippen LogP contribution in [-0.4, -0.2) is 60.8 Å². The van der Waals surface area contributed by atoms with Crippen LogP contribution in [0.25, 0.3) is 5.82 Å². The van der Waals surface area contributed by atoms with E-state index in [1.54, 1.807) is 41.3 Å². The average Bonchev–Trinajstić information content (AvgIpc) is 3.38. The van der Waals surface area contributed by atoms with E-state index in [0.717, 1.165) is 25.5 Å². The largest absolute Gasteiger partial charge is 0.573 e. The highest BCUT2D eigenvalue weighted by Gasteiger charge is 2.56. The van der Waals surface area contributed by atoms with Crippen LogP contribution in [0.4, 0.5) is 13.2 Å². The molecule has 2 fully saturated rings. The third-order valence-electron chi connectivity index (χ3n) is 7.71. The number of hydrogen-bond acceptors (Lipinski definition) is 5. The number of fused-ring (bicyclic) bond motifs is 1. The van der Waals surface area contributed by atoms with Gasteiger partial charge in [0.2, 0.25) is 0 Å². The number of alkyl halides is 3. The summed E-state index contributed by atoms with van der Waals surface area (Å²) in [6.45, 7) is 3.37. The van der Waals surface area contributed by atoms with Crippen molar-refractivity contribution in [1.82, 2.24) is 28.9 Å². The van der Waals surface area contributed by atoms with Crippen molar-refractivity contribution in [2.75, 3.05) is 19.6 Å². The Morgan fingerprint density at radius 3 is 2.60 bits per heavy atom. The van der Waals surface area contributed by atoms with E-state index in [1.165, 1.54) is 23.9 Å². The van der Waals surface area contributed by atoms with Crippen LogP contribution < -0.4 is 4.74 Å². The van der Waals surface area contributed by atoms with Crippen molar-refractivity contribution in [2.45, 2.75) is 19.5 Å². The molecule has 1 amide bonds. The predicted octanol–water partition coefficient (Wildman–Crippen LogP) is 4.52. The highest BCUT2D eigenvalue weighted by Crippen LogP contribution is 2.52. The summed E-state index contributed by atoms with van der Waals surface area (Å²) in [5.74, 6) is 1.62. The zero-order valence-electron chi connectivity index (χ0n) is 21.9. The molecule has 40 heavy (non-hydrogen) atoms. The lowest BCUT2D eigenvalue weighted by atomic mass is 10.1. The fourth-order valence-electron chi connectivity index (χ4n) is 5.85. The van der Waals surface area contributed by atoms with E-state index in [1.807, 2.05) is 30.5 Å². The minimum Gasteiger partial charge on any atom is -0.406 e. The van der Waals surface area contributed by atoms with E-state index in [-0.39, 0.29) is 18.2 Å². The number of rotatable bonds is 9.